The molecule has 2 heterocycles. The molecule has 2 aliphatic heterocycles. The minimum absolute atomic E-state index is 0. The minimum Gasteiger partial charge on any atom is -0.496 e. The van der Waals surface area contributed by atoms with Gasteiger partial charge in [0.15, 0.2) is 0 Å². The Labute approximate surface area is 213 Å². The lowest BCUT2D eigenvalue weighted by atomic mass is 9.77. The van der Waals surface area contributed by atoms with Crippen molar-refractivity contribution in [3.63, 3.8) is 0 Å². The number of ether oxygens (including phenoxy) is 2. The summed E-state index contributed by atoms with van der Waals surface area (Å²) in [4.78, 5) is 14.7. The van der Waals surface area contributed by atoms with E-state index in [0.29, 0.717) is 12.2 Å². The van der Waals surface area contributed by atoms with E-state index in [-0.39, 0.29) is 35.9 Å². The summed E-state index contributed by atoms with van der Waals surface area (Å²) in [6, 6.07) is 26.2. The highest BCUT2D eigenvalue weighted by Gasteiger charge is 2.49. The molecule has 0 unspecified atom stereocenters. The molecule has 2 fully saturated rings. The lowest BCUT2D eigenvalue weighted by molar-refractivity contribution is -0.0484. The minimum atomic E-state index is -0.239. The Morgan fingerprint density at radius 1 is 1.06 bits per heavy atom. The number of hydrogen-bond acceptors (Lipinski definition) is 4. The number of anilines is 1. The summed E-state index contributed by atoms with van der Waals surface area (Å²) < 4.78 is 12.4. The van der Waals surface area contributed by atoms with E-state index in [1.165, 1.54) is 5.56 Å². The van der Waals surface area contributed by atoms with Crippen molar-refractivity contribution in [3.05, 3.63) is 95.6 Å². The Hall–Kier alpha value is -2.86. The van der Waals surface area contributed by atoms with Gasteiger partial charge < -0.3 is 19.7 Å². The van der Waals surface area contributed by atoms with Crippen LogP contribution in [0.15, 0.2) is 78.9 Å². The molecule has 184 valence electrons. The molecule has 1 N–H and O–H groups in total. The van der Waals surface area contributed by atoms with Crippen LogP contribution < -0.4 is 15.0 Å². The molecule has 0 radical (unpaired) electrons. The molecular weight excluding hydrogens is 460 g/mol. The molecule has 35 heavy (non-hydrogen) atoms. The number of nitrogens with one attached hydrogen (secondary N) is 1. The molecule has 6 heteroatoms. The highest BCUT2D eigenvalue weighted by Crippen LogP contribution is 2.49. The summed E-state index contributed by atoms with van der Waals surface area (Å²) in [6.45, 7) is 1.64. The SMILES string of the molecule is COc1ccc(N(C)C(=O)c2ccccc2)cc1[C@H]1CO[C@]2(CCCN[C@H]2c2ccccc2)C1.Cl. The largest absolute Gasteiger partial charge is 0.496 e. The second kappa shape index (κ2) is 10.8. The smallest absolute Gasteiger partial charge is 0.258 e. The van der Waals surface area contributed by atoms with Crippen LogP contribution in [0.2, 0.25) is 0 Å². The van der Waals surface area contributed by atoms with Gasteiger partial charge >= 0.3 is 0 Å². The van der Waals surface area contributed by atoms with Crippen LogP contribution >= 0.6 is 12.4 Å². The monoisotopic (exact) mass is 492 g/mol. The van der Waals surface area contributed by atoms with Gasteiger partial charge in [-0.2, -0.15) is 0 Å². The van der Waals surface area contributed by atoms with E-state index in [0.717, 1.165) is 42.8 Å². The van der Waals surface area contributed by atoms with Crippen molar-refractivity contribution >= 4 is 24.0 Å². The average Bonchev–Trinajstić information content (AvgIpc) is 3.32. The van der Waals surface area contributed by atoms with Gasteiger partial charge in [-0.1, -0.05) is 48.5 Å². The van der Waals surface area contributed by atoms with Crippen LogP contribution in [0.5, 0.6) is 5.75 Å². The van der Waals surface area contributed by atoms with Gasteiger partial charge in [-0.05, 0) is 61.7 Å². The first-order valence-electron chi connectivity index (χ1n) is 12.0. The Morgan fingerprint density at radius 2 is 1.77 bits per heavy atom. The van der Waals surface area contributed by atoms with Crippen LogP contribution in [0.4, 0.5) is 5.69 Å². The molecule has 5 nitrogen and oxygen atoms in total. The lowest BCUT2D eigenvalue weighted by Crippen LogP contribution is -2.48. The third-order valence-corrected chi connectivity index (χ3v) is 7.31. The Kier molecular flexibility index (Phi) is 7.80. The summed E-state index contributed by atoms with van der Waals surface area (Å²) in [5, 5.41) is 3.72. The van der Waals surface area contributed by atoms with Gasteiger partial charge in [0.1, 0.15) is 5.75 Å². The highest BCUT2D eigenvalue weighted by molar-refractivity contribution is 6.05. The normalized spacial score (nSPS) is 23.5. The Morgan fingerprint density at radius 3 is 2.49 bits per heavy atom. The summed E-state index contributed by atoms with van der Waals surface area (Å²) in [5.41, 5.74) is 3.66. The van der Waals surface area contributed by atoms with Crippen molar-refractivity contribution in [1.82, 2.24) is 5.32 Å². The zero-order valence-corrected chi connectivity index (χ0v) is 21.1. The van der Waals surface area contributed by atoms with Crippen LogP contribution in [-0.4, -0.2) is 38.8 Å². The first-order chi connectivity index (χ1) is 16.6. The third-order valence-electron chi connectivity index (χ3n) is 7.31. The van der Waals surface area contributed by atoms with Gasteiger partial charge in [-0.15, -0.1) is 12.4 Å². The molecule has 2 saturated heterocycles. The van der Waals surface area contributed by atoms with Crippen molar-refractivity contribution in [2.24, 2.45) is 0 Å². The van der Waals surface area contributed by atoms with E-state index < -0.39 is 0 Å². The summed E-state index contributed by atoms with van der Waals surface area (Å²) in [7, 11) is 3.53. The standard InChI is InChI=1S/C29H32N2O3.ClH/c1-31(28(32)22-12-7-4-8-13-22)24-14-15-26(33-2)25(18-24)23-19-29(34-20-23)16-9-17-30-27(29)21-10-5-3-6-11-21;/h3-8,10-15,18,23,27,30H,9,16-17,19-20H2,1-2H3;1H/t23-,27+,29-;/m1./s1. The highest BCUT2D eigenvalue weighted by atomic mass is 35.5. The van der Waals surface area contributed by atoms with E-state index >= 15 is 0 Å². The maximum Gasteiger partial charge on any atom is 0.258 e. The van der Waals surface area contributed by atoms with Crippen LogP contribution in [0.1, 0.15) is 52.7 Å². The van der Waals surface area contributed by atoms with E-state index in [1.54, 1.807) is 12.0 Å². The first-order valence-corrected chi connectivity index (χ1v) is 12.0. The number of methoxy groups -OCH3 is 1. The zero-order chi connectivity index (χ0) is 23.5. The van der Waals surface area contributed by atoms with E-state index in [2.05, 4.69) is 41.7 Å². The number of carbonyl (C=O) groups is 1. The lowest BCUT2D eigenvalue weighted by Gasteiger charge is -2.41. The zero-order valence-electron chi connectivity index (χ0n) is 20.3. The summed E-state index contributed by atoms with van der Waals surface area (Å²) >= 11 is 0. The molecule has 1 spiro atoms. The van der Waals surface area contributed by atoms with Crippen molar-refractivity contribution in [2.45, 2.75) is 36.8 Å². The van der Waals surface area contributed by atoms with Gasteiger partial charge in [0.25, 0.3) is 5.91 Å². The molecule has 1 amide bonds. The fourth-order valence-corrected chi connectivity index (χ4v) is 5.55. The predicted octanol–water partition coefficient (Wildman–Crippen LogP) is 5.76. The summed E-state index contributed by atoms with van der Waals surface area (Å²) in [6.07, 6.45) is 3.04. The fourth-order valence-electron chi connectivity index (χ4n) is 5.55. The number of amides is 1. The van der Waals surface area contributed by atoms with E-state index in [4.69, 9.17) is 9.47 Å². The Balaban J connectivity index is 0.00000289. The van der Waals surface area contributed by atoms with E-state index in [1.807, 2.05) is 49.5 Å². The van der Waals surface area contributed by atoms with E-state index in [9.17, 15) is 4.79 Å². The van der Waals surface area contributed by atoms with Gasteiger partial charge in [0.2, 0.25) is 0 Å². The van der Waals surface area contributed by atoms with Gasteiger partial charge in [0.05, 0.1) is 25.4 Å². The second-order valence-electron chi connectivity index (χ2n) is 9.33. The van der Waals surface area contributed by atoms with Gasteiger partial charge in [0, 0.05) is 29.8 Å². The van der Waals surface area contributed by atoms with Crippen molar-refractivity contribution < 1.29 is 14.3 Å². The number of nitrogens with zero attached hydrogens (tertiary/aromatic N) is 1. The number of hydrogen-bond donors (Lipinski definition) is 1. The predicted molar refractivity (Wildman–Crippen MR) is 142 cm³/mol. The average molecular weight is 493 g/mol. The molecular formula is C29H33ClN2O3. The van der Waals surface area contributed by atoms with Gasteiger partial charge in [-0.3, -0.25) is 4.79 Å². The fraction of sp³-hybridized carbons (Fsp3) is 0.345. The number of halogens is 1. The molecule has 0 bridgehead atoms. The molecule has 5 rings (SSSR count). The van der Waals surface area contributed by atoms with Crippen molar-refractivity contribution in [3.8, 4) is 5.75 Å². The van der Waals surface area contributed by atoms with Crippen LogP contribution in [-0.2, 0) is 4.74 Å². The van der Waals surface area contributed by atoms with Gasteiger partial charge in [-0.25, -0.2) is 0 Å². The maximum absolute atomic E-state index is 13.0. The Bertz CT molecular complexity index is 1140. The molecule has 0 aliphatic carbocycles. The van der Waals surface area contributed by atoms with Crippen molar-refractivity contribution in [1.29, 1.82) is 0 Å². The van der Waals surface area contributed by atoms with Crippen LogP contribution in [0.3, 0.4) is 0 Å². The number of piperidine rings is 1. The number of benzene rings is 3. The molecule has 0 aromatic heterocycles. The molecule has 3 aromatic rings. The molecule has 0 saturated carbocycles. The van der Waals surface area contributed by atoms with Crippen molar-refractivity contribution in [2.75, 3.05) is 32.2 Å². The molecule has 3 atom stereocenters. The third kappa shape index (κ3) is 4.94. The number of carbonyl (C=O) groups excluding carboxylic acids is 1. The number of rotatable bonds is 5. The summed E-state index contributed by atoms with van der Waals surface area (Å²) in [5.74, 6) is 1.01. The topological polar surface area (TPSA) is 50.8 Å². The van der Waals surface area contributed by atoms with Crippen LogP contribution in [0, 0.1) is 0 Å². The quantitative estimate of drug-likeness (QED) is 0.492. The first kappa shape index (κ1) is 25.2. The second-order valence-corrected chi connectivity index (χ2v) is 9.33. The molecule has 2 aliphatic rings. The maximum atomic E-state index is 13.0. The van der Waals surface area contributed by atoms with Crippen LogP contribution in [0.25, 0.3) is 0 Å². The molecule has 3 aromatic carbocycles.